The zero-order valence-electron chi connectivity index (χ0n) is 11.2. The first-order valence-electron chi connectivity index (χ1n) is 6.98. The summed E-state index contributed by atoms with van der Waals surface area (Å²) in [5.74, 6) is 0. The van der Waals surface area contributed by atoms with Gasteiger partial charge in [-0.25, -0.2) is 8.42 Å². The third-order valence-electron chi connectivity index (χ3n) is 4.39. The molecule has 2 N–H and O–H groups in total. The molecule has 0 aromatic heterocycles. The summed E-state index contributed by atoms with van der Waals surface area (Å²) in [4.78, 5) is 0. The summed E-state index contributed by atoms with van der Waals surface area (Å²) < 4.78 is 29.1. The third-order valence-corrected chi connectivity index (χ3v) is 6.03. The molecule has 2 fully saturated rings. The summed E-state index contributed by atoms with van der Waals surface area (Å²) in [6.07, 6.45) is 9.22. The molecule has 0 heterocycles. The molecule has 2 atom stereocenters. The van der Waals surface area contributed by atoms with Crippen molar-refractivity contribution >= 4 is 9.84 Å². The Labute approximate surface area is 110 Å². The van der Waals surface area contributed by atoms with Crippen LogP contribution in [0.25, 0.3) is 0 Å². The van der Waals surface area contributed by atoms with E-state index in [0.29, 0.717) is 13.0 Å². The van der Waals surface area contributed by atoms with Gasteiger partial charge in [0.1, 0.15) is 9.84 Å². The summed E-state index contributed by atoms with van der Waals surface area (Å²) in [5, 5.41) is -0.214. The first-order valence-corrected chi connectivity index (χ1v) is 8.94. The van der Waals surface area contributed by atoms with Crippen molar-refractivity contribution in [2.75, 3.05) is 12.9 Å². The van der Waals surface area contributed by atoms with Gasteiger partial charge in [-0.2, -0.15) is 0 Å². The predicted octanol–water partition coefficient (Wildman–Crippen LogP) is 1.63. The molecule has 18 heavy (non-hydrogen) atoms. The maximum Gasteiger partial charge on any atom is 0.150 e. The fourth-order valence-electron chi connectivity index (χ4n) is 3.15. The molecule has 2 unspecified atom stereocenters. The Balaban J connectivity index is 1.83. The number of hydrogen-bond donors (Lipinski definition) is 1. The molecule has 2 aliphatic carbocycles. The largest absolute Gasteiger partial charge is 0.376 e. The van der Waals surface area contributed by atoms with Crippen molar-refractivity contribution in [1.29, 1.82) is 0 Å². The topological polar surface area (TPSA) is 69.4 Å². The molecule has 2 saturated carbocycles. The van der Waals surface area contributed by atoms with Gasteiger partial charge in [0.25, 0.3) is 0 Å². The van der Waals surface area contributed by atoms with E-state index < -0.39 is 9.84 Å². The van der Waals surface area contributed by atoms with E-state index in [4.69, 9.17) is 10.5 Å². The lowest BCUT2D eigenvalue weighted by Crippen LogP contribution is -2.43. The summed E-state index contributed by atoms with van der Waals surface area (Å²) in [7, 11) is -2.92. The average molecular weight is 275 g/mol. The lowest BCUT2D eigenvalue weighted by atomic mass is 9.96. The van der Waals surface area contributed by atoms with Crippen LogP contribution in [-0.4, -0.2) is 38.2 Å². The lowest BCUT2D eigenvalue weighted by molar-refractivity contribution is 0.00184. The van der Waals surface area contributed by atoms with Crippen molar-refractivity contribution in [2.45, 2.75) is 68.3 Å². The van der Waals surface area contributed by atoms with Crippen LogP contribution in [0.1, 0.15) is 51.4 Å². The minimum atomic E-state index is -2.92. The molecule has 5 heteroatoms. The predicted molar refractivity (Wildman–Crippen MR) is 72.2 cm³/mol. The van der Waals surface area contributed by atoms with Gasteiger partial charge in [0.15, 0.2) is 0 Å². The molecule has 2 rings (SSSR count). The van der Waals surface area contributed by atoms with E-state index >= 15 is 0 Å². The van der Waals surface area contributed by atoms with E-state index in [-0.39, 0.29) is 16.9 Å². The van der Waals surface area contributed by atoms with Crippen LogP contribution in [0.5, 0.6) is 0 Å². The Morgan fingerprint density at radius 1 is 1.22 bits per heavy atom. The monoisotopic (exact) mass is 275 g/mol. The Kier molecular flexibility index (Phi) is 4.34. The second-order valence-corrected chi connectivity index (χ2v) is 8.45. The number of rotatable bonds is 4. The van der Waals surface area contributed by atoms with Crippen LogP contribution in [0, 0.1) is 0 Å². The van der Waals surface area contributed by atoms with Crippen molar-refractivity contribution in [1.82, 2.24) is 0 Å². The summed E-state index contributed by atoms with van der Waals surface area (Å²) >= 11 is 0. The van der Waals surface area contributed by atoms with Gasteiger partial charge in [-0.3, -0.25) is 0 Å². The van der Waals surface area contributed by atoms with Gasteiger partial charge >= 0.3 is 0 Å². The Morgan fingerprint density at radius 3 is 2.50 bits per heavy atom. The molecule has 0 aliphatic heterocycles. The zero-order valence-corrected chi connectivity index (χ0v) is 12.0. The van der Waals surface area contributed by atoms with Gasteiger partial charge in [-0.05, 0) is 38.5 Å². The minimum Gasteiger partial charge on any atom is -0.376 e. The van der Waals surface area contributed by atoms with Gasteiger partial charge in [-0.15, -0.1) is 0 Å². The van der Waals surface area contributed by atoms with Gasteiger partial charge < -0.3 is 10.5 Å². The molecule has 2 aliphatic rings. The molecule has 4 nitrogen and oxygen atoms in total. The van der Waals surface area contributed by atoms with Crippen LogP contribution in [-0.2, 0) is 14.6 Å². The second-order valence-electron chi connectivity index (χ2n) is 6.12. The SMILES string of the molecule is CS(=O)(=O)C1CCCC(OCC2(N)CCCC2)C1. The maximum absolute atomic E-state index is 11.6. The van der Waals surface area contributed by atoms with E-state index in [9.17, 15) is 8.42 Å². The fourth-order valence-corrected chi connectivity index (χ4v) is 4.31. The molecule has 0 radical (unpaired) electrons. The van der Waals surface area contributed by atoms with Crippen molar-refractivity contribution in [3.63, 3.8) is 0 Å². The highest BCUT2D eigenvalue weighted by atomic mass is 32.2. The third kappa shape index (κ3) is 3.68. The van der Waals surface area contributed by atoms with Crippen LogP contribution < -0.4 is 5.73 Å². The number of hydrogen-bond acceptors (Lipinski definition) is 4. The number of sulfone groups is 1. The molecule has 106 valence electrons. The molecule has 0 spiro atoms. The molecular formula is C13H25NO3S. The van der Waals surface area contributed by atoms with Crippen LogP contribution in [0.2, 0.25) is 0 Å². The molecule has 0 bridgehead atoms. The van der Waals surface area contributed by atoms with Crippen LogP contribution >= 0.6 is 0 Å². The van der Waals surface area contributed by atoms with Crippen molar-refractivity contribution < 1.29 is 13.2 Å². The first kappa shape index (κ1) is 14.3. The fraction of sp³-hybridized carbons (Fsp3) is 1.00. The number of ether oxygens (including phenoxy) is 1. The quantitative estimate of drug-likeness (QED) is 0.846. The highest BCUT2D eigenvalue weighted by Gasteiger charge is 2.33. The molecule has 0 saturated heterocycles. The minimum absolute atomic E-state index is 0.0829. The van der Waals surface area contributed by atoms with Crippen molar-refractivity contribution in [3.8, 4) is 0 Å². The summed E-state index contributed by atoms with van der Waals surface area (Å²) in [5.41, 5.74) is 6.10. The lowest BCUT2D eigenvalue weighted by Gasteiger charge is -2.31. The number of nitrogens with two attached hydrogens (primary N) is 1. The smallest absolute Gasteiger partial charge is 0.150 e. The van der Waals surface area contributed by atoms with Crippen LogP contribution in [0.4, 0.5) is 0 Å². The highest BCUT2D eigenvalue weighted by molar-refractivity contribution is 7.91. The summed E-state index contributed by atoms with van der Waals surface area (Å²) in [6.45, 7) is 0.591. The average Bonchev–Trinajstić information content (AvgIpc) is 2.74. The first-order chi connectivity index (χ1) is 8.39. The normalized spacial score (nSPS) is 32.6. The van der Waals surface area contributed by atoms with Crippen LogP contribution in [0.15, 0.2) is 0 Å². The standard InChI is InChI=1S/C13H25NO3S/c1-18(15,16)12-6-4-5-11(9-12)17-10-13(14)7-2-3-8-13/h11-12H,2-10,14H2,1H3. The highest BCUT2D eigenvalue weighted by Crippen LogP contribution is 2.30. The Hall–Kier alpha value is -0.130. The molecular weight excluding hydrogens is 250 g/mol. The van der Waals surface area contributed by atoms with Crippen molar-refractivity contribution in [3.05, 3.63) is 0 Å². The Morgan fingerprint density at radius 2 is 1.89 bits per heavy atom. The second kappa shape index (κ2) is 5.47. The maximum atomic E-state index is 11.6. The Bertz CT molecular complexity index is 374. The van der Waals surface area contributed by atoms with Gasteiger partial charge in [0.05, 0.1) is 18.0 Å². The summed E-state index contributed by atoms with van der Waals surface area (Å²) in [6, 6.07) is 0. The van der Waals surface area contributed by atoms with Gasteiger partial charge in [0.2, 0.25) is 0 Å². The molecule has 0 aromatic carbocycles. The van der Waals surface area contributed by atoms with E-state index in [1.807, 2.05) is 0 Å². The van der Waals surface area contributed by atoms with Crippen molar-refractivity contribution in [2.24, 2.45) is 5.73 Å². The van der Waals surface area contributed by atoms with Gasteiger partial charge in [-0.1, -0.05) is 12.8 Å². The molecule has 0 amide bonds. The molecule has 0 aromatic rings. The zero-order chi connectivity index (χ0) is 13.2. The van der Waals surface area contributed by atoms with E-state index in [0.717, 1.165) is 32.1 Å². The van der Waals surface area contributed by atoms with Gasteiger partial charge in [0, 0.05) is 11.8 Å². The van der Waals surface area contributed by atoms with E-state index in [2.05, 4.69) is 0 Å². The van der Waals surface area contributed by atoms with E-state index in [1.165, 1.54) is 19.1 Å². The van der Waals surface area contributed by atoms with E-state index in [1.54, 1.807) is 0 Å². The van der Waals surface area contributed by atoms with Crippen LogP contribution in [0.3, 0.4) is 0 Å².